The first-order valence-corrected chi connectivity index (χ1v) is 14.9. The Bertz CT molecular complexity index is 969. The van der Waals surface area contributed by atoms with Crippen molar-refractivity contribution >= 4 is 5.97 Å². The third-order valence-electron chi connectivity index (χ3n) is 12.0. The third-order valence-corrected chi connectivity index (χ3v) is 12.0. The molecule has 8 nitrogen and oxygen atoms in total. The van der Waals surface area contributed by atoms with Crippen molar-refractivity contribution in [3.8, 4) is 0 Å². The highest BCUT2D eigenvalue weighted by molar-refractivity contribution is 5.68. The summed E-state index contributed by atoms with van der Waals surface area (Å²) in [6, 6.07) is 0. The van der Waals surface area contributed by atoms with Crippen LogP contribution in [0.2, 0.25) is 0 Å². The summed E-state index contributed by atoms with van der Waals surface area (Å²) < 4.78 is 0. The summed E-state index contributed by atoms with van der Waals surface area (Å²) in [5, 5.41) is 43.4. The average Bonchev–Trinajstić information content (AvgIpc) is 3.43. The van der Waals surface area contributed by atoms with Crippen molar-refractivity contribution in [2.75, 3.05) is 0 Å². The van der Waals surface area contributed by atoms with Crippen molar-refractivity contribution in [1.82, 2.24) is 20.2 Å². The van der Waals surface area contributed by atoms with Crippen LogP contribution in [-0.2, 0) is 17.8 Å². The number of aliphatic carboxylic acids is 1. The monoisotopic (exact) mass is 516 g/mol. The summed E-state index contributed by atoms with van der Waals surface area (Å²) in [6.45, 7) is 10.4. The van der Waals surface area contributed by atoms with Gasteiger partial charge in [0.05, 0.1) is 18.8 Å². The molecule has 0 saturated heterocycles. The molecule has 0 aliphatic heterocycles. The number of aliphatic hydroxyl groups excluding tert-OH is 2. The smallest absolute Gasteiger partial charge is 0.311 e. The first-order valence-electron chi connectivity index (χ1n) is 14.9. The molecule has 5 rings (SSSR count). The summed E-state index contributed by atoms with van der Waals surface area (Å²) in [6.07, 6.45) is 10.3. The Morgan fingerprint density at radius 2 is 1.81 bits per heavy atom. The number of tetrazole rings is 1. The van der Waals surface area contributed by atoms with Crippen molar-refractivity contribution in [2.24, 2.45) is 52.3 Å². The molecule has 0 unspecified atom stereocenters. The van der Waals surface area contributed by atoms with Crippen LogP contribution < -0.4 is 0 Å². The highest BCUT2D eigenvalue weighted by Crippen LogP contribution is 2.69. The fraction of sp³-hybridized carbons (Fsp3) is 0.931. The molecule has 4 saturated carbocycles. The van der Waals surface area contributed by atoms with E-state index in [9.17, 15) is 15.0 Å². The van der Waals surface area contributed by atoms with Gasteiger partial charge in [-0.05, 0) is 115 Å². The fourth-order valence-electron chi connectivity index (χ4n) is 10.3. The maximum atomic E-state index is 11.9. The van der Waals surface area contributed by atoms with Crippen molar-refractivity contribution in [1.29, 1.82) is 0 Å². The van der Waals surface area contributed by atoms with Gasteiger partial charge in [-0.2, -0.15) is 4.80 Å². The normalized spacial score (nSPS) is 44.1. The van der Waals surface area contributed by atoms with Crippen molar-refractivity contribution in [3.63, 3.8) is 0 Å². The molecule has 0 spiro atoms. The maximum absolute atomic E-state index is 11.9. The molecular formula is C29H48N4O4. The van der Waals surface area contributed by atoms with Gasteiger partial charge in [-0.25, -0.2) is 0 Å². The molecule has 0 amide bonds. The molecule has 0 bridgehead atoms. The lowest BCUT2D eigenvalue weighted by Crippen LogP contribution is -2.62. The second-order valence-corrected chi connectivity index (χ2v) is 13.6. The topological polar surface area (TPSA) is 121 Å². The first kappa shape index (κ1) is 27.0. The summed E-state index contributed by atoms with van der Waals surface area (Å²) in [4.78, 5) is 12.4. The predicted octanol–water partition coefficient (Wildman–Crippen LogP) is 4.34. The molecule has 0 radical (unpaired) electrons. The number of carbonyl (C=O) groups is 1. The molecule has 3 N–H and O–H groups in total. The molecule has 11 atom stereocenters. The van der Waals surface area contributed by atoms with E-state index in [1.165, 1.54) is 30.5 Å². The van der Waals surface area contributed by atoms with Crippen LogP contribution in [-0.4, -0.2) is 53.7 Å². The molecule has 1 aromatic heterocycles. The SMILES string of the molecule is CC[C@H]1[C@@H](O)[C@@H]2[C@H](CC[C@]3(C)[C@@H]([C@H](C)CCCn4nnc(CC(=O)O)n4)CC[C@@H]23)[C@@]2(C)CC[C@@H](O)C[C@@H]12. The molecule has 208 valence electrons. The number of aliphatic hydroxyl groups is 2. The Morgan fingerprint density at radius 1 is 1.08 bits per heavy atom. The van der Waals surface area contributed by atoms with Gasteiger partial charge < -0.3 is 15.3 Å². The zero-order chi connectivity index (χ0) is 26.5. The number of nitrogens with zero attached hydrogens (tertiary/aromatic N) is 4. The third kappa shape index (κ3) is 4.64. The van der Waals surface area contributed by atoms with E-state index in [0.29, 0.717) is 48.0 Å². The van der Waals surface area contributed by atoms with Gasteiger partial charge in [0.25, 0.3) is 0 Å². The van der Waals surface area contributed by atoms with E-state index < -0.39 is 5.97 Å². The molecule has 8 heteroatoms. The molecule has 1 aromatic rings. The van der Waals surface area contributed by atoms with Crippen LogP contribution in [0.25, 0.3) is 0 Å². The van der Waals surface area contributed by atoms with E-state index in [-0.39, 0.29) is 35.3 Å². The second kappa shape index (κ2) is 10.2. The standard InChI is InChI=1S/C29H48N4O4/c1-5-19-23-15-18(34)10-12-29(23,4)22-11-13-28(3)20(8-9-21(28)26(22)27(19)37)17(2)7-6-14-33-31-24(30-32-33)16-25(35)36/h17-23,26-27,34,37H,5-16H2,1-4H3,(H,35,36)/t17-,18-,19-,20-,21+,22+,23+,26+,27-,28-,29-/m1/s1. The minimum absolute atomic E-state index is 0.189. The number of aryl methyl sites for hydroxylation is 1. The van der Waals surface area contributed by atoms with E-state index in [2.05, 4.69) is 43.1 Å². The minimum Gasteiger partial charge on any atom is -0.481 e. The van der Waals surface area contributed by atoms with Gasteiger partial charge in [-0.1, -0.05) is 34.1 Å². The molecule has 4 fully saturated rings. The summed E-state index contributed by atoms with van der Waals surface area (Å²) in [7, 11) is 0. The highest BCUT2D eigenvalue weighted by atomic mass is 16.4. The molecular weight excluding hydrogens is 468 g/mol. The first-order chi connectivity index (χ1) is 17.6. The van der Waals surface area contributed by atoms with Gasteiger partial charge in [-0.15, -0.1) is 10.2 Å². The van der Waals surface area contributed by atoms with Crippen molar-refractivity contribution < 1.29 is 20.1 Å². The van der Waals surface area contributed by atoms with Crippen LogP contribution in [0.4, 0.5) is 0 Å². The maximum Gasteiger partial charge on any atom is 0.311 e. The largest absolute Gasteiger partial charge is 0.481 e. The fourth-order valence-corrected chi connectivity index (χ4v) is 10.3. The molecule has 37 heavy (non-hydrogen) atoms. The summed E-state index contributed by atoms with van der Waals surface area (Å²) >= 11 is 0. The van der Waals surface area contributed by atoms with Crippen LogP contribution in [0.5, 0.6) is 0 Å². The number of rotatable bonds is 8. The molecule has 1 heterocycles. The quantitative estimate of drug-likeness (QED) is 0.470. The van der Waals surface area contributed by atoms with Gasteiger partial charge in [0.1, 0.15) is 6.42 Å². The van der Waals surface area contributed by atoms with Gasteiger partial charge in [0, 0.05) is 0 Å². The zero-order valence-corrected chi connectivity index (χ0v) is 23.2. The van der Waals surface area contributed by atoms with Crippen LogP contribution in [0.1, 0.15) is 97.7 Å². The Morgan fingerprint density at radius 3 is 2.54 bits per heavy atom. The van der Waals surface area contributed by atoms with Gasteiger partial charge >= 0.3 is 5.97 Å². The zero-order valence-electron chi connectivity index (χ0n) is 23.2. The van der Waals surface area contributed by atoms with Crippen LogP contribution >= 0.6 is 0 Å². The summed E-state index contributed by atoms with van der Waals surface area (Å²) in [5.41, 5.74) is 0.524. The highest BCUT2D eigenvalue weighted by Gasteiger charge is 2.64. The number of carboxylic acids is 1. The lowest BCUT2D eigenvalue weighted by molar-refractivity contribution is -0.203. The predicted molar refractivity (Wildman–Crippen MR) is 139 cm³/mol. The number of aromatic nitrogens is 4. The van der Waals surface area contributed by atoms with Crippen molar-refractivity contribution in [3.05, 3.63) is 5.82 Å². The molecule has 4 aliphatic carbocycles. The van der Waals surface area contributed by atoms with Crippen LogP contribution in [0, 0.1) is 52.3 Å². The van der Waals surface area contributed by atoms with E-state index in [1.807, 2.05) is 0 Å². The van der Waals surface area contributed by atoms with Gasteiger partial charge in [-0.3, -0.25) is 4.79 Å². The summed E-state index contributed by atoms with van der Waals surface area (Å²) in [5.74, 6) is 2.88. The van der Waals surface area contributed by atoms with E-state index in [1.54, 1.807) is 0 Å². The number of hydrogen-bond acceptors (Lipinski definition) is 6. The lowest BCUT2D eigenvalue weighted by Gasteiger charge is -2.64. The van der Waals surface area contributed by atoms with Gasteiger partial charge in [0.15, 0.2) is 5.82 Å². The Hall–Kier alpha value is -1.54. The Kier molecular flexibility index (Phi) is 7.47. The number of hydrogen-bond donors (Lipinski definition) is 3. The van der Waals surface area contributed by atoms with Crippen LogP contribution in [0.15, 0.2) is 0 Å². The number of carboxylic acid groups (broad SMARTS) is 1. The second-order valence-electron chi connectivity index (χ2n) is 13.6. The minimum atomic E-state index is -0.939. The van der Waals surface area contributed by atoms with Gasteiger partial charge in [0.2, 0.25) is 0 Å². The Balaban J connectivity index is 1.26. The van der Waals surface area contributed by atoms with E-state index in [4.69, 9.17) is 5.11 Å². The van der Waals surface area contributed by atoms with Crippen molar-refractivity contribution in [2.45, 2.75) is 117 Å². The Labute approximate surface area is 221 Å². The van der Waals surface area contributed by atoms with E-state index >= 15 is 0 Å². The van der Waals surface area contributed by atoms with E-state index in [0.717, 1.165) is 38.5 Å². The molecule has 4 aliphatic rings. The lowest BCUT2D eigenvalue weighted by atomic mass is 9.41. The average molecular weight is 517 g/mol. The molecule has 0 aromatic carbocycles. The number of fused-ring (bicyclic) bond motifs is 5. The van der Waals surface area contributed by atoms with Crippen LogP contribution in [0.3, 0.4) is 0 Å².